The van der Waals surface area contributed by atoms with Crippen molar-refractivity contribution in [2.45, 2.75) is 26.7 Å². The van der Waals surface area contributed by atoms with Crippen molar-refractivity contribution in [3.05, 3.63) is 12.7 Å². The van der Waals surface area contributed by atoms with Crippen LogP contribution in [0, 0.1) is 5.92 Å². The second-order valence-electron chi connectivity index (χ2n) is 2.90. The molecule has 0 atom stereocenters. The summed E-state index contributed by atoms with van der Waals surface area (Å²) in [6, 6.07) is 0. The van der Waals surface area contributed by atoms with E-state index >= 15 is 0 Å². The van der Waals surface area contributed by atoms with E-state index in [0.717, 1.165) is 6.42 Å². The van der Waals surface area contributed by atoms with E-state index in [1.807, 2.05) is 13.8 Å². The van der Waals surface area contributed by atoms with Gasteiger partial charge in [-0.15, -0.1) is 6.58 Å². The standard InChI is InChI=1S/C9H16O2/c1-4-5-6-11-9(10)7-8(2)3/h4,8H,1,5-7H2,2-3H3. The Kier molecular flexibility index (Phi) is 5.53. The van der Waals surface area contributed by atoms with Crippen molar-refractivity contribution < 1.29 is 9.53 Å². The Balaban J connectivity index is 3.30. The van der Waals surface area contributed by atoms with Gasteiger partial charge in [-0.05, 0) is 12.3 Å². The summed E-state index contributed by atoms with van der Waals surface area (Å²) in [7, 11) is 0. The summed E-state index contributed by atoms with van der Waals surface area (Å²) in [6.45, 7) is 7.98. The summed E-state index contributed by atoms with van der Waals surface area (Å²) in [6.07, 6.45) is 2.99. The molecular weight excluding hydrogens is 140 g/mol. The molecule has 0 heterocycles. The van der Waals surface area contributed by atoms with Gasteiger partial charge >= 0.3 is 5.97 Å². The van der Waals surface area contributed by atoms with Crippen molar-refractivity contribution in [2.75, 3.05) is 6.61 Å². The Bertz CT molecular complexity index is 128. The van der Waals surface area contributed by atoms with Gasteiger partial charge in [0, 0.05) is 6.42 Å². The summed E-state index contributed by atoms with van der Waals surface area (Å²) in [5.74, 6) is 0.271. The molecule has 0 aromatic rings. The quantitative estimate of drug-likeness (QED) is 0.346. The number of ether oxygens (including phenoxy) is 1. The second-order valence-corrected chi connectivity index (χ2v) is 2.90. The van der Waals surface area contributed by atoms with Crippen LogP contribution in [0.1, 0.15) is 26.7 Å². The normalized spacial score (nSPS) is 9.73. The monoisotopic (exact) mass is 156 g/mol. The highest BCUT2D eigenvalue weighted by molar-refractivity contribution is 5.69. The Hall–Kier alpha value is -0.790. The van der Waals surface area contributed by atoms with Gasteiger partial charge in [0.1, 0.15) is 0 Å². The van der Waals surface area contributed by atoms with E-state index in [0.29, 0.717) is 18.9 Å². The van der Waals surface area contributed by atoms with Gasteiger partial charge < -0.3 is 4.74 Å². The van der Waals surface area contributed by atoms with Crippen LogP contribution < -0.4 is 0 Å². The third-order valence-corrected chi connectivity index (χ3v) is 1.16. The number of hydrogen-bond donors (Lipinski definition) is 0. The van der Waals surface area contributed by atoms with E-state index in [2.05, 4.69) is 6.58 Å². The van der Waals surface area contributed by atoms with E-state index < -0.39 is 0 Å². The van der Waals surface area contributed by atoms with Crippen LogP contribution in [0.3, 0.4) is 0 Å². The van der Waals surface area contributed by atoms with Crippen molar-refractivity contribution in [1.29, 1.82) is 0 Å². The SMILES string of the molecule is C=CCCOC(=O)CC(C)C. The van der Waals surface area contributed by atoms with Crippen molar-refractivity contribution in [3.63, 3.8) is 0 Å². The maximum absolute atomic E-state index is 10.9. The summed E-state index contributed by atoms with van der Waals surface area (Å²) < 4.78 is 4.88. The van der Waals surface area contributed by atoms with E-state index in [1.54, 1.807) is 6.08 Å². The van der Waals surface area contributed by atoms with Crippen LogP contribution in [0.25, 0.3) is 0 Å². The van der Waals surface area contributed by atoms with Crippen molar-refractivity contribution in [1.82, 2.24) is 0 Å². The minimum atomic E-state index is -0.109. The molecule has 11 heavy (non-hydrogen) atoms. The minimum Gasteiger partial charge on any atom is -0.465 e. The molecule has 0 saturated heterocycles. The fraction of sp³-hybridized carbons (Fsp3) is 0.667. The van der Waals surface area contributed by atoms with Gasteiger partial charge in [0.25, 0.3) is 0 Å². The zero-order chi connectivity index (χ0) is 8.69. The summed E-state index contributed by atoms with van der Waals surface area (Å²) in [4.78, 5) is 10.9. The molecule has 2 nitrogen and oxygen atoms in total. The van der Waals surface area contributed by atoms with Crippen molar-refractivity contribution >= 4 is 5.97 Å². The Labute approximate surface area is 68.2 Å². The van der Waals surface area contributed by atoms with E-state index in [9.17, 15) is 4.79 Å². The lowest BCUT2D eigenvalue weighted by Gasteiger charge is -2.04. The highest BCUT2D eigenvalue weighted by Crippen LogP contribution is 2.00. The number of carbonyl (C=O) groups excluding carboxylic acids is 1. The number of esters is 1. The molecule has 64 valence electrons. The smallest absolute Gasteiger partial charge is 0.306 e. The van der Waals surface area contributed by atoms with Crippen LogP contribution in [-0.2, 0) is 9.53 Å². The third kappa shape index (κ3) is 7.10. The fourth-order valence-corrected chi connectivity index (χ4v) is 0.648. The molecule has 0 fully saturated rings. The molecule has 0 radical (unpaired) electrons. The van der Waals surface area contributed by atoms with Gasteiger partial charge in [-0.1, -0.05) is 19.9 Å². The highest BCUT2D eigenvalue weighted by atomic mass is 16.5. The zero-order valence-electron chi connectivity index (χ0n) is 7.30. The minimum absolute atomic E-state index is 0.109. The first kappa shape index (κ1) is 10.2. The first-order valence-electron chi connectivity index (χ1n) is 3.93. The first-order chi connectivity index (χ1) is 5.16. The molecule has 0 saturated carbocycles. The van der Waals surface area contributed by atoms with Gasteiger partial charge in [0.15, 0.2) is 0 Å². The average Bonchev–Trinajstić information content (AvgIpc) is 1.86. The lowest BCUT2D eigenvalue weighted by atomic mass is 10.1. The molecule has 0 spiro atoms. The van der Waals surface area contributed by atoms with Crippen LogP contribution >= 0.6 is 0 Å². The zero-order valence-corrected chi connectivity index (χ0v) is 7.30. The van der Waals surface area contributed by atoms with E-state index in [4.69, 9.17) is 4.74 Å². The molecule has 0 N–H and O–H groups in total. The second kappa shape index (κ2) is 5.96. The van der Waals surface area contributed by atoms with Gasteiger partial charge in [-0.2, -0.15) is 0 Å². The van der Waals surface area contributed by atoms with Gasteiger partial charge in [-0.3, -0.25) is 4.79 Å². The fourth-order valence-electron chi connectivity index (χ4n) is 0.648. The lowest BCUT2D eigenvalue weighted by Crippen LogP contribution is -2.08. The van der Waals surface area contributed by atoms with Crippen LogP contribution in [0.15, 0.2) is 12.7 Å². The molecular formula is C9H16O2. The summed E-state index contributed by atoms with van der Waals surface area (Å²) in [5, 5.41) is 0. The molecule has 2 heteroatoms. The Morgan fingerprint density at radius 3 is 2.73 bits per heavy atom. The molecule has 0 rings (SSSR count). The van der Waals surface area contributed by atoms with Crippen molar-refractivity contribution in [3.8, 4) is 0 Å². The summed E-state index contributed by atoms with van der Waals surface area (Å²) in [5.41, 5.74) is 0. The van der Waals surface area contributed by atoms with E-state index in [-0.39, 0.29) is 5.97 Å². The number of carbonyl (C=O) groups is 1. The topological polar surface area (TPSA) is 26.3 Å². The average molecular weight is 156 g/mol. The van der Waals surface area contributed by atoms with Gasteiger partial charge in [-0.25, -0.2) is 0 Å². The molecule has 0 unspecified atom stereocenters. The largest absolute Gasteiger partial charge is 0.465 e. The van der Waals surface area contributed by atoms with Crippen LogP contribution in [0.2, 0.25) is 0 Å². The lowest BCUT2D eigenvalue weighted by molar-refractivity contribution is -0.144. The number of rotatable bonds is 5. The molecule has 0 bridgehead atoms. The molecule has 0 amide bonds. The van der Waals surface area contributed by atoms with Crippen LogP contribution in [0.5, 0.6) is 0 Å². The van der Waals surface area contributed by atoms with Gasteiger partial charge in [0.2, 0.25) is 0 Å². The van der Waals surface area contributed by atoms with Crippen LogP contribution in [-0.4, -0.2) is 12.6 Å². The van der Waals surface area contributed by atoms with Crippen LogP contribution in [0.4, 0.5) is 0 Å². The Morgan fingerprint density at radius 1 is 1.64 bits per heavy atom. The molecule has 0 aliphatic carbocycles. The summed E-state index contributed by atoms with van der Waals surface area (Å²) >= 11 is 0. The maximum Gasteiger partial charge on any atom is 0.306 e. The highest BCUT2D eigenvalue weighted by Gasteiger charge is 2.04. The molecule has 0 aliphatic heterocycles. The first-order valence-corrected chi connectivity index (χ1v) is 3.93. The van der Waals surface area contributed by atoms with E-state index in [1.165, 1.54) is 0 Å². The molecule has 0 aliphatic rings. The maximum atomic E-state index is 10.9. The van der Waals surface area contributed by atoms with Gasteiger partial charge in [0.05, 0.1) is 6.61 Å². The predicted molar refractivity (Wildman–Crippen MR) is 45.2 cm³/mol. The number of hydrogen-bond acceptors (Lipinski definition) is 2. The molecule has 0 aromatic heterocycles. The van der Waals surface area contributed by atoms with Crippen molar-refractivity contribution in [2.24, 2.45) is 5.92 Å². The third-order valence-electron chi connectivity index (χ3n) is 1.16. The molecule has 0 aromatic carbocycles. The predicted octanol–water partition coefficient (Wildman–Crippen LogP) is 2.15. The Morgan fingerprint density at radius 2 is 2.27 bits per heavy atom.